The van der Waals surface area contributed by atoms with Gasteiger partial charge in [-0.05, 0) is 17.7 Å². The molecule has 2 aromatic heterocycles. The normalized spacial score (nSPS) is 15.4. The number of amides is 1. The van der Waals surface area contributed by atoms with Gasteiger partial charge >= 0.3 is 6.18 Å². The van der Waals surface area contributed by atoms with Crippen LogP contribution in [0.5, 0.6) is 11.8 Å². The van der Waals surface area contributed by atoms with Gasteiger partial charge in [-0.3, -0.25) is 14.5 Å². The van der Waals surface area contributed by atoms with Gasteiger partial charge < -0.3 is 14.4 Å². The Morgan fingerprint density at radius 1 is 0.917 bits per heavy atom. The Labute approximate surface area is 209 Å². The van der Waals surface area contributed by atoms with Crippen molar-refractivity contribution in [2.45, 2.75) is 12.2 Å². The van der Waals surface area contributed by atoms with Gasteiger partial charge in [-0.1, -0.05) is 30.3 Å². The fraction of sp³-hybridized carbons (Fsp3) is 0.333. The largest absolute Gasteiger partial charge is 0.481 e. The maximum absolute atomic E-state index is 12.9. The fourth-order valence-electron chi connectivity index (χ4n) is 3.96. The number of ketones is 1. The summed E-state index contributed by atoms with van der Waals surface area (Å²) in [4.78, 5) is 36.8. The summed E-state index contributed by atoms with van der Waals surface area (Å²) in [5.74, 6) is -1.17. The summed E-state index contributed by atoms with van der Waals surface area (Å²) >= 11 is 0.556. The van der Waals surface area contributed by atoms with E-state index in [1.54, 1.807) is 11.0 Å². The van der Waals surface area contributed by atoms with Gasteiger partial charge in [0, 0.05) is 26.2 Å². The van der Waals surface area contributed by atoms with Crippen molar-refractivity contribution in [2.75, 3.05) is 40.4 Å². The van der Waals surface area contributed by atoms with Crippen LogP contribution in [0.15, 0.2) is 48.5 Å². The number of hydrogen-bond donors (Lipinski definition) is 0. The van der Waals surface area contributed by atoms with Crippen LogP contribution in [0, 0.1) is 0 Å². The van der Waals surface area contributed by atoms with E-state index in [2.05, 4.69) is 14.9 Å². The first-order chi connectivity index (χ1) is 17.2. The van der Waals surface area contributed by atoms with Crippen molar-refractivity contribution in [1.29, 1.82) is 0 Å². The molecule has 3 heterocycles. The highest BCUT2D eigenvalue weighted by Gasteiger charge is 2.40. The highest BCUT2D eigenvalue weighted by Crippen LogP contribution is 2.31. The molecule has 4 rings (SSSR count). The van der Waals surface area contributed by atoms with Gasteiger partial charge in [0.25, 0.3) is 11.7 Å². The second-order valence-corrected chi connectivity index (χ2v) is 9.03. The number of carbonyl (C=O) groups is 2. The van der Waals surface area contributed by atoms with E-state index in [-0.39, 0.29) is 10.9 Å². The number of ether oxygens (including phenoxy) is 2. The number of aromatic nitrogens is 2. The van der Waals surface area contributed by atoms with Gasteiger partial charge in [0.15, 0.2) is 5.82 Å². The molecule has 0 bridgehead atoms. The van der Waals surface area contributed by atoms with E-state index in [0.29, 0.717) is 55.1 Å². The van der Waals surface area contributed by atoms with Crippen LogP contribution in [0.1, 0.15) is 36.8 Å². The number of carbonyl (C=O) groups excluding carboxylic acids is 2. The summed E-state index contributed by atoms with van der Waals surface area (Å²) in [6, 6.07) is 13.2. The topological polar surface area (TPSA) is 84.9 Å². The highest BCUT2D eigenvalue weighted by atomic mass is 32.1. The smallest absolute Gasteiger partial charge is 0.455 e. The Morgan fingerprint density at radius 2 is 1.50 bits per heavy atom. The second kappa shape index (κ2) is 10.6. The van der Waals surface area contributed by atoms with Crippen molar-refractivity contribution in [3.05, 3.63) is 69.7 Å². The molecule has 1 atom stereocenters. The molecule has 0 spiro atoms. The SMILES string of the molecule is COc1cc(OC)nc(C(c2ccccc2)N2CCN(C(=O)c3ccc(C(=O)C(F)(F)F)s3)CC2)n1. The molecule has 0 saturated carbocycles. The van der Waals surface area contributed by atoms with Crippen LogP contribution in [0.2, 0.25) is 0 Å². The van der Waals surface area contributed by atoms with Gasteiger partial charge in [0.2, 0.25) is 11.8 Å². The first kappa shape index (κ1) is 25.6. The summed E-state index contributed by atoms with van der Waals surface area (Å²) in [7, 11) is 3.01. The van der Waals surface area contributed by atoms with Crippen molar-refractivity contribution in [3.8, 4) is 11.8 Å². The number of benzene rings is 1. The molecule has 3 aromatic rings. The minimum Gasteiger partial charge on any atom is -0.481 e. The standard InChI is InChI=1S/C24H23F3N4O4S/c1-34-18-14-19(35-2)29-22(28-18)20(15-6-4-3-5-7-15)30-10-12-31(13-11-30)23(33)17-9-8-16(36-17)21(32)24(25,26)27/h3-9,14,20H,10-13H2,1-2H3. The minimum absolute atomic E-state index is 0.0940. The van der Waals surface area contributed by atoms with Gasteiger partial charge in [-0.2, -0.15) is 23.1 Å². The van der Waals surface area contributed by atoms with Gasteiger partial charge in [-0.15, -0.1) is 11.3 Å². The lowest BCUT2D eigenvalue weighted by Gasteiger charge is -2.38. The average Bonchev–Trinajstić information content (AvgIpc) is 3.38. The quantitative estimate of drug-likeness (QED) is 0.438. The number of methoxy groups -OCH3 is 2. The van der Waals surface area contributed by atoms with Crippen LogP contribution in [0.4, 0.5) is 13.2 Å². The van der Waals surface area contributed by atoms with Crippen LogP contribution in [-0.4, -0.2) is 78.0 Å². The van der Waals surface area contributed by atoms with Crippen molar-refractivity contribution in [3.63, 3.8) is 0 Å². The lowest BCUT2D eigenvalue weighted by atomic mass is 10.0. The molecule has 0 aliphatic carbocycles. The van der Waals surface area contributed by atoms with Crippen molar-refractivity contribution in [2.24, 2.45) is 0 Å². The number of nitrogens with zero attached hydrogens (tertiary/aromatic N) is 4. The number of hydrogen-bond acceptors (Lipinski definition) is 8. The van der Waals surface area contributed by atoms with E-state index in [4.69, 9.17) is 9.47 Å². The summed E-state index contributed by atoms with van der Waals surface area (Å²) in [6.45, 7) is 1.61. The van der Waals surface area contributed by atoms with Gasteiger partial charge in [0.05, 0.1) is 36.1 Å². The Hall–Kier alpha value is -3.51. The maximum Gasteiger partial charge on any atom is 0.455 e. The number of halogens is 3. The van der Waals surface area contributed by atoms with Crippen LogP contribution >= 0.6 is 11.3 Å². The summed E-state index contributed by atoms with van der Waals surface area (Å²) in [5.41, 5.74) is 0.946. The molecular formula is C24H23F3N4O4S. The molecule has 1 aromatic carbocycles. The fourth-order valence-corrected chi connectivity index (χ4v) is 4.90. The third-order valence-electron chi connectivity index (χ3n) is 5.74. The number of thiophene rings is 1. The van der Waals surface area contributed by atoms with E-state index >= 15 is 0 Å². The summed E-state index contributed by atoms with van der Waals surface area (Å²) in [5, 5.41) is 0. The number of Topliss-reactive ketones (excluding diaryl/α,β-unsaturated/α-hetero) is 1. The molecule has 1 aliphatic rings. The van der Waals surface area contributed by atoms with E-state index in [1.165, 1.54) is 20.3 Å². The molecule has 12 heteroatoms. The van der Waals surface area contributed by atoms with Gasteiger partial charge in [-0.25, -0.2) is 0 Å². The molecule has 1 unspecified atom stereocenters. The number of rotatable bonds is 7. The summed E-state index contributed by atoms with van der Waals surface area (Å²) < 4.78 is 48.8. The minimum atomic E-state index is -4.98. The summed E-state index contributed by atoms with van der Waals surface area (Å²) in [6.07, 6.45) is -4.98. The van der Waals surface area contributed by atoms with Crippen LogP contribution in [0.3, 0.4) is 0 Å². The molecule has 1 fully saturated rings. The van der Waals surface area contributed by atoms with Gasteiger partial charge in [0.1, 0.15) is 0 Å². The zero-order valence-electron chi connectivity index (χ0n) is 19.5. The third-order valence-corrected chi connectivity index (χ3v) is 6.81. The van der Waals surface area contributed by atoms with E-state index in [0.717, 1.165) is 11.6 Å². The van der Waals surface area contributed by atoms with Crippen LogP contribution in [-0.2, 0) is 0 Å². The molecule has 1 amide bonds. The van der Waals surface area contributed by atoms with E-state index in [1.807, 2.05) is 30.3 Å². The average molecular weight is 521 g/mol. The van der Waals surface area contributed by atoms with E-state index in [9.17, 15) is 22.8 Å². The first-order valence-electron chi connectivity index (χ1n) is 11.0. The van der Waals surface area contributed by atoms with Crippen molar-refractivity contribution in [1.82, 2.24) is 19.8 Å². The molecule has 1 saturated heterocycles. The van der Waals surface area contributed by atoms with E-state index < -0.39 is 22.7 Å². The number of piperazine rings is 1. The Balaban J connectivity index is 1.53. The molecule has 36 heavy (non-hydrogen) atoms. The predicted octanol–water partition coefficient (Wildman–Crippen LogP) is 3.85. The highest BCUT2D eigenvalue weighted by molar-refractivity contribution is 7.16. The van der Waals surface area contributed by atoms with Crippen LogP contribution < -0.4 is 9.47 Å². The zero-order valence-corrected chi connectivity index (χ0v) is 20.3. The predicted molar refractivity (Wildman–Crippen MR) is 126 cm³/mol. The maximum atomic E-state index is 12.9. The molecular weight excluding hydrogens is 497 g/mol. The Bertz CT molecular complexity index is 1210. The van der Waals surface area contributed by atoms with Crippen LogP contribution in [0.25, 0.3) is 0 Å². The Morgan fingerprint density at radius 3 is 2.06 bits per heavy atom. The van der Waals surface area contributed by atoms with Crippen molar-refractivity contribution >= 4 is 23.0 Å². The molecule has 190 valence electrons. The Kier molecular flexibility index (Phi) is 7.55. The second-order valence-electron chi connectivity index (χ2n) is 7.94. The number of alkyl halides is 3. The molecule has 1 aliphatic heterocycles. The third kappa shape index (κ3) is 5.49. The lowest BCUT2D eigenvalue weighted by Crippen LogP contribution is -2.50. The monoisotopic (exact) mass is 520 g/mol. The lowest BCUT2D eigenvalue weighted by molar-refractivity contribution is -0.0882. The molecule has 0 N–H and O–H groups in total. The molecule has 0 radical (unpaired) electrons. The van der Waals surface area contributed by atoms with Crippen molar-refractivity contribution < 1.29 is 32.2 Å². The molecule has 8 nitrogen and oxygen atoms in total. The first-order valence-corrected chi connectivity index (χ1v) is 11.8. The zero-order chi connectivity index (χ0) is 25.9.